The fraction of sp³-hybridized carbons (Fsp3) is 0.467. The van der Waals surface area contributed by atoms with Gasteiger partial charge in [-0.15, -0.1) is 0 Å². The number of carbonyl (C=O) groups is 2. The Kier molecular flexibility index (Phi) is 9.78. The first-order valence-electron chi connectivity index (χ1n) is 14.0. The number of thioether (sulfide) groups is 1. The lowest BCUT2D eigenvalue weighted by atomic mass is 9.81. The molecule has 1 atom stereocenters. The highest BCUT2D eigenvalue weighted by molar-refractivity contribution is 7.99. The molecule has 1 unspecified atom stereocenters. The predicted octanol–water partition coefficient (Wildman–Crippen LogP) is 4.56. The van der Waals surface area contributed by atoms with Gasteiger partial charge in [-0.05, 0) is 68.2 Å². The Morgan fingerprint density at radius 1 is 1.02 bits per heavy atom. The van der Waals surface area contributed by atoms with E-state index in [4.69, 9.17) is 21.3 Å². The van der Waals surface area contributed by atoms with Crippen molar-refractivity contribution in [1.29, 1.82) is 0 Å². The normalized spacial score (nSPS) is 20.9. The molecule has 0 radical (unpaired) electrons. The highest BCUT2D eigenvalue weighted by Gasteiger charge is 2.28. The number of fused-ring (bicyclic) bond motifs is 1. The SMILES string of the molecule is O=C(CSc1nc2ccccc2c(=O)n1CC1CCC(C(=O)NCc2ccccc2Cl)CC1)NCC1CCCO1. The van der Waals surface area contributed by atoms with Crippen LogP contribution in [0.15, 0.2) is 58.5 Å². The third kappa shape index (κ3) is 7.25. The van der Waals surface area contributed by atoms with Crippen LogP contribution < -0.4 is 16.2 Å². The Labute approximate surface area is 243 Å². The Bertz CT molecular complexity index is 1400. The predicted molar refractivity (Wildman–Crippen MR) is 157 cm³/mol. The van der Waals surface area contributed by atoms with Crippen LogP contribution in [0, 0.1) is 11.8 Å². The highest BCUT2D eigenvalue weighted by atomic mass is 35.5. The Morgan fingerprint density at radius 2 is 1.80 bits per heavy atom. The zero-order valence-electron chi connectivity index (χ0n) is 22.4. The maximum absolute atomic E-state index is 13.5. The Hall–Kier alpha value is -2.88. The van der Waals surface area contributed by atoms with Gasteiger partial charge in [-0.1, -0.05) is 53.7 Å². The van der Waals surface area contributed by atoms with Gasteiger partial charge >= 0.3 is 0 Å². The third-order valence-electron chi connectivity index (χ3n) is 7.78. The second-order valence-electron chi connectivity index (χ2n) is 10.6. The summed E-state index contributed by atoms with van der Waals surface area (Å²) in [4.78, 5) is 43.6. The number of ether oxygens (including phenoxy) is 1. The molecule has 2 heterocycles. The van der Waals surface area contributed by atoms with Crippen LogP contribution in [0.5, 0.6) is 0 Å². The number of amides is 2. The van der Waals surface area contributed by atoms with Crippen molar-refractivity contribution in [3.05, 3.63) is 69.5 Å². The molecule has 2 N–H and O–H groups in total. The van der Waals surface area contributed by atoms with Gasteiger partial charge in [-0.2, -0.15) is 0 Å². The van der Waals surface area contributed by atoms with Crippen LogP contribution in [-0.4, -0.2) is 46.4 Å². The molecule has 2 aromatic carbocycles. The topological polar surface area (TPSA) is 102 Å². The van der Waals surface area contributed by atoms with Crippen molar-refractivity contribution < 1.29 is 14.3 Å². The van der Waals surface area contributed by atoms with E-state index < -0.39 is 0 Å². The van der Waals surface area contributed by atoms with Crippen LogP contribution in [0.25, 0.3) is 10.9 Å². The van der Waals surface area contributed by atoms with Crippen molar-refractivity contribution >= 4 is 46.1 Å². The van der Waals surface area contributed by atoms with Gasteiger partial charge in [-0.25, -0.2) is 4.98 Å². The second-order valence-corrected chi connectivity index (χ2v) is 11.9. The van der Waals surface area contributed by atoms with Crippen molar-refractivity contribution in [2.45, 2.75) is 62.9 Å². The highest BCUT2D eigenvalue weighted by Crippen LogP contribution is 2.31. The zero-order chi connectivity index (χ0) is 27.9. The summed E-state index contributed by atoms with van der Waals surface area (Å²) in [6.45, 7) is 2.19. The van der Waals surface area contributed by atoms with Crippen molar-refractivity contribution in [2.24, 2.45) is 11.8 Å². The maximum atomic E-state index is 13.5. The molecular weight excluding hydrogens is 548 g/mol. The van der Waals surface area contributed by atoms with Gasteiger partial charge in [-0.3, -0.25) is 19.0 Å². The minimum atomic E-state index is -0.0993. The van der Waals surface area contributed by atoms with E-state index in [-0.39, 0.29) is 41.1 Å². The summed E-state index contributed by atoms with van der Waals surface area (Å²) in [5, 5.41) is 7.74. The molecule has 1 aromatic heterocycles. The summed E-state index contributed by atoms with van der Waals surface area (Å²) in [5.74, 6) is 0.328. The fourth-order valence-corrected chi connectivity index (χ4v) is 6.51. The lowest BCUT2D eigenvalue weighted by Gasteiger charge is -2.28. The third-order valence-corrected chi connectivity index (χ3v) is 9.12. The van der Waals surface area contributed by atoms with E-state index >= 15 is 0 Å². The molecule has 40 heavy (non-hydrogen) atoms. The first-order valence-corrected chi connectivity index (χ1v) is 15.4. The van der Waals surface area contributed by atoms with Gasteiger partial charge < -0.3 is 15.4 Å². The van der Waals surface area contributed by atoms with Crippen LogP contribution in [0.3, 0.4) is 0 Å². The number of benzene rings is 2. The van der Waals surface area contributed by atoms with Gasteiger partial charge in [0.2, 0.25) is 11.8 Å². The van der Waals surface area contributed by atoms with Crippen LogP contribution in [0.2, 0.25) is 5.02 Å². The van der Waals surface area contributed by atoms with E-state index in [0.29, 0.717) is 40.7 Å². The van der Waals surface area contributed by atoms with Crippen LogP contribution in [0.1, 0.15) is 44.1 Å². The first kappa shape index (κ1) is 28.6. The van der Waals surface area contributed by atoms with Gasteiger partial charge in [0.1, 0.15) is 0 Å². The maximum Gasteiger partial charge on any atom is 0.262 e. The molecular formula is C30H35ClN4O4S. The first-order chi connectivity index (χ1) is 19.5. The molecule has 0 bridgehead atoms. The van der Waals surface area contributed by atoms with Gasteiger partial charge in [0.05, 0.1) is 22.8 Å². The molecule has 5 rings (SSSR count). The van der Waals surface area contributed by atoms with Crippen LogP contribution in [0.4, 0.5) is 0 Å². The standard InChI is InChI=1S/C30H35ClN4O4S/c31-25-9-3-1-6-22(25)16-33-28(37)21-13-11-20(12-14-21)18-35-29(38)24-8-2-4-10-26(24)34-30(35)40-19-27(36)32-17-23-7-5-15-39-23/h1-4,6,8-10,20-21,23H,5,7,11-19H2,(H,32,36)(H,33,37). The second kappa shape index (κ2) is 13.7. The molecule has 1 aliphatic carbocycles. The quantitative estimate of drug-likeness (QED) is 0.268. The molecule has 8 nitrogen and oxygen atoms in total. The van der Waals surface area contributed by atoms with E-state index in [1.54, 1.807) is 10.6 Å². The largest absolute Gasteiger partial charge is 0.376 e. The van der Waals surface area contributed by atoms with Crippen LogP contribution >= 0.6 is 23.4 Å². The van der Waals surface area contributed by atoms with Crippen molar-refractivity contribution in [3.63, 3.8) is 0 Å². The van der Waals surface area contributed by atoms with Crippen molar-refractivity contribution in [3.8, 4) is 0 Å². The molecule has 2 fully saturated rings. The van der Waals surface area contributed by atoms with E-state index in [2.05, 4.69) is 10.6 Å². The molecule has 2 amide bonds. The minimum Gasteiger partial charge on any atom is -0.376 e. The number of carbonyl (C=O) groups excluding carboxylic acids is 2. The van der Waals surface area contributed by atoms with Crippen LogP contribution in [-0.2, 0) is 27.4 Å². The van der Waals surface area contributed by atoms with Crippen molar-refractivity contribution in [2.75, 3.05) is 18.9 Å². The molecule has 10 heteroatoms. The molecule has 1 saturated carbocycles. The molecule has 3 aromatic rings. The number of nitrogens with zero attached hydrogens (tertiary/aromatic N) is 2. The Balaban J connectivity index is 1.20. The van der Waals surface area contributed by atoms with E-state index in [1.165, 1.54) is 11.8 Å². The average molecular weight is 583 g/mol. The summed E-state index contributed by atoms with van der Waals surface area (Å²) >= 11 is 7.51. The number of nitrogens with one attached hydrogen (secondary N) is 2. The summed E-state index contributed by atoms with van der Waals surface area (Å²) in [6, 6.07) is 14.8. The van der Waals surface area contributed by atoms with Gasteiger partial charge in [0.15, 0.2) is 5.16 Å². The fourth-order valence-electron chi connectivity index (χ4n) is 5.47. The molecule has 1 saturated heterocycles. The van der Waals surface area contributed by atoms with Gasteiger partial charge in [0, 0.05) is 37.2 Å². The summed E-state index contributed by atoms with van der Waals surface area (Å²) < 4.78 is 7.31. The number of para-hydroxylation sites is 1. The molecule has 0 spiro atoms. The van der Waals surface area contributed by atoms with Crippen molar-refractivity contribution in [1.82, 2.24) is 20.2 Å². The average Bonchev–Trinajstić information content (AvgIpc) is 3.50. The Morgan fingerprint density at radius 3 is 2.58 bits per heavy atom. The summed E-state index contributed by atoms with van der Waals surface area (Å²) in [7, 11) is 0. The lowest BCUT2D eigenvalue weighted by Crippen LogP contribution is -2.35. The number of rotatable bonds is 10. The van der Waals surface area contributed by atoms with E-state index in [9.17, 15) is 14.4 Å². The molecule has 1 aliphatic heterocycles. The number of aromatic nitrogens is 2. The number of halogens is 1. The monoisotopic (exact) mass is 582 g/mol. The number of hydrogen-bond acceptors (Lipinski definition) is 6. The minimum absolute atomic E-state index is 0.0492. The van der Waals surface area contributed by atoms with E-state index in [0.717, 1.165) is 50.7 Å². The van der Waals surface area contributed by atoms with Gasteiger partial charge in [0.25, 0.3) is 5.56 Å². The smallest absolute Gasteiger partial charge is 0.262 e. The molecule has 2 aliphatic rings. The lowest BCUT2D eigenvalue weighted by molar-refractivity contribution is -0.126. The summed E-state index contributed by atoms with van der Waals surface area (Å²) in [5.41, 5.74) is 1.44. The molecule has 212 valence electrons. The summed E-state index contributed by atoms with van der Waals surface area (Å²) in [6.07, 6.45) is 5.29. The van der Waals surface area contributed by atoms with E-state index in [1.807, 2.05) is 42.5 Å². The zero-order valence-corrected chi connectivity index (χ0v) is 24.0. The number of hydrogen-bond donors (Lipinski definition) is 2.